The van der Waals surface area contributed by atoms with Crippen LogP contribution in [0.2, 0.25) is 0 Å². The van der Waals surface area contributed by atoms with Crippen molar-refractivity contribution < 1.29 is 17.2 Å². The summed E-state index contributed by atoms with van der Waals surface area (Å²) in [5, 5.41) is 0. The Bertz CT molecular complexity index is 572. The van der Waals surface area contributed by atoms with E-state index in [0.717, 1.165) is 24.7 Å². The van der Waals surface area contributed by atoms with Gasteiger partial charge in [0.25, 0.3) is 0 Å². The normalized spacial score (nSPS) is 18.4. The van der Waals surface area contributed by atoms with Gasteiger partial charge in [-0.3, -0.25) is 4.90 Å². The van der Waals surface area contributed by atoms with E-state index >= 15 is 0 Å². The lowest BCUT2D eigenvalue weighted by Gasteiger charge is -2.33. The first-order chi connectivity index (χ1) is 9.45. The number of rotatable bonds is 4. The molecule has 0 atom stereocenters. The van der Waals surface area contributed by atoms with Gasteiger partial charge >= 0.3 is 0 Å². The minimum atomic E-state index is -3.77. The van der Waals surface area contributed by atoms with Crippen LogP contribution in [0.15, 0.2) is 23.1 Å². The van der Waals surface area contributed by atoms with Crippen molar-refractivity contribution in [1.82, 2.24) is 9.21 Å². The molecule has 20 heavy (non-hydrogen) atoms. The lowest BCUT2D eigenvalue weighted by Crippen LogP contribution is -2.49. The van der Waals surface area contributed by atoms with Crippen LogP contribution < -0.4 is 5.73 Å². The Labute approximate surface area is 117 Å². The second kappa shape index (κ2) is 6.13. The average molecular weight is 305 g/mol. The molecule has 1 aliphatic heterocycles. The molecule has 0 unspecified atom stereocenters. The maximum atomic E-state index is 13.2. The van der Waals surface area contributed by atoms with Gasteiger partial charge in [0.05, 0.1) is 4.90 Å². The fourth-order valence-corrected chi connectivity index (χ4v) is 3.60. The molecule has 0 spiro atoms. The lowest BCUT2D eigenvalue weighted by molar-refractivity contribution is 0.192. The minimum absolute atomic E-state index is 0.219. The molecular formula is C12H17F2N3O2S. The molecule has 0 aliphatic carbocycles. The number of sulfonamides is 1. The highest BCUT2D eigenvalue weighted by atomic mass is 32.2. The molecular weight excluding hydrogens is 288 g/mol. The Morgan fingerprint density at radius 2 is 1.75 bits per heavy atom. The van der Waals surface area contributed by atoms with Crippen LogP contribution in [0.1, 0.15) is 0 Å². The molecule has 0 bridgehead atoms. The minimum Gasteiger partial charge on any atom is -0.329 e. The van der Waals surface area contributed by atoms with Gasteiger partial charge in [0.15, 0.2) is 11.6 Å². The number of nitrogens with two attached hydrogens (primary N) is 1. The zero-order valence-corrected chi connectivity index (χ0v) is 11.7. The van der Waals surface area contributed by atoms with E-state index in [1.54, 1.807) is 0 Å². The smallest absolute Gasteiger partial charge is 0.243 e. The summed E-state index contributed by atoms with van der Waals surface area (Å²) >= 11 is 0. The van der Waals surface area contributed by atoms with Gasteiger partial charge < -0.3 is 5.73 Å². The molecule has 1 fully saturated rings. The fraction of sp³-hybridized carbons (Fsp3) is 0.500. The second-order valence-electron chi connectivity index (χ2n) is 4.61. The highest BCUT2D eigenvalue weighted by molar-refractivity contribution is 7.89. The number of hydrogen-bond donors (Lipinski definition) is 1. The van der Waals surface area contributed by atoms with E-state index in [0.29, 0.717) is 32.7 Å². The van der Waals surface area contributed by atoms with Crippen LogP contribution in [0.4, 0.5) is 8.78 Å². The zero-order chi connectivity index (χ0) is 14.8. The first kappa shape index (κ1) is 15.3. The fourth-order valence-electron chi connectivity index (χ4n) is 2.16. The second-order valence-corrected chi connectivity index (χ2v) is 6.55. The quantitative estimate of drug-likeness (QED) is 0.865. The van der Waals surface area contributed by atoms with Gasteiger partial charge in [0.1, 0.15) is 0 Å². The molecule has 1 aromatic rings. The van der Waals surface area contributed by atoms with Crippen molar-refractivity contribution in [3.63, 3.8) is 0 Å². The van der Waals surface area contributed by atoms with Crippen LogP contribution >= 0.6 is 0 Å². The summed E-state index contributed by atoms with van der Waals surface area (Å²) in [7, 11) is -3.77. The molecule has 1 saturated heterocycles. The van der Waals surface area contributed by atoms with Gasteiger partial charge in [-0.15, -0.1) is 0 Å². The molecule has 1 aliphatic rings. The van der Waals surface area contributed by atoms with E-state index in [9.17, 15) is 17.2 Å². The number of piperazine rings is 1. The van der Waals surface area contributed by atoms with Crippen molar-refractivity contribution in [1.29, 1.82) is 0 Å². The molecule has 0 radical (unpaired) electrons. The molecule has 0 saturated carbocycles. The maximum Gasteiger partial charge on any atom is 0.243 e. The summed E-state index contributed by atoms with van der Waals surface area (Å²) in [5.41, 5.74) is 5.45. The van der Waals surface area contributed by atoms with Crippen molar-refractivity contribution in [2.75, 3.05) is 39.3 Å². The van der Waals surface area contributed by atoms with Crippen molar-refractivity contribution >= 4 is 10.0 Å². The Kier molecular flexibility index (Phi) is 4.69. The van der Waals surface area contributed by atoms with Crippen LogP contribution in [-0.2, 0) is 10.0 Å². The highest BCUT2D eigenvalue weighted by Crippen LogP contribution is 2.19. The summed E-state index contributed by atoms with van der Waals surface area (Å²) in [5.74, 6) is -2.22. The van der Waals surface area contributed by atoms with Crippen LogP contribution in [0.25, 0.3) is 0 Å². The standard InChI is InChI=1S/C12H17F2N3O2S/c13-11-2-1-10(9-12(11)14)20(18,19)17-7-5-16(4-3-15)6-8-17/h1-2,9H,3-8,15H2. The molecule has 2 rings (SSSR count). The van der Waals surface area contributed by atoms with Gasteiger partial charge in [-0.05, 0) is 18.2 Å². The Hall–Kier alpha value is -1.09. The molecule has 8 heteroatoms. The molecule has 112 valence electrons. The summed E-state index contributed by atoms with van der Waals surface area (Å²) < 4.78 is 51.9. The van der Waals surface area contributed by atoms with Gasteiger partial charge in [0.2, 0.25) is 10.0 Å². The monoisotopic (exact) mass is 305 g/mol. The summed E-state index contributed by atoms with van der Waals surface area (Å²) in [6.07, 6.45) is 0. The molecule has 1 aromatic carbocycles. The Morgan fingerprint density at radius 3 is 2.30 bits per heavy atom. The first-order valence-corrected chi connectivity index (χ1v) is 7.77. The van der Waals surface area contributed by atoms with Gasteiger partial charge in [-0.2, -0.15) is 4.31 Å². The summed E-state index contributed by atoms with van der Waals surface area (Å²) in [4.78, 5) is 1.85. The SMILES string of the molecule is NCCN1CCN(S(=O)(=O)c2ccc(F)c(F)c2)CC1. The predicted molar refractivity (Wildman–Crippen MR) is 70.6 cm³/mol. The third-order valence-corrected chi connectivity index (χ3v) is 5.20. The van der Waals surface area contributed by atoms with E-state index in [1.165, 1.54) is 4.31 Å². The predicted octanol–water partition coefficient (Wildman–Crippen LogP) is 0.230. The third kappa shape index (κ3) is 3.14. The van der Waals surface area contributed by atoms with Crippen molar-refractivity contribution in [3.05, 3.63) is 29.8 Å². The Balaban J connectivity index is 2.13. The number of nitrogens with zero attached hydrogens (tertiary/aromatic N) is 2. The van der Waals surface area contributed by atoms with Crippen LogP contribution in [0, 0.1) is 11.6 Å². The number of benzene rings is 1. The van der Waals surface area contributed by atoms with E-state index in [1.807, 2.05) is 0 Å². The lowest BCUT2D eigenvalue weighted by atomic mass is 10.3. The molecule has 0 amide bonds. The van der Waals surface area contributed by atoms with E-state index in [-0.39, 0.29) is 4.90 Å². The first-order valence-electron chi connectivity index (χ1n) is 6.33. The summed E-state index contributed by atoms with van der Waals surface area (Å²) in [6.45, 7) is 3.05. The van der Waals surface area contributed by atoms with Crippen LogP contribution in [0.3, 0.4) is 0 Å². The third-order valence-electron chi connectivity index (χ3n) is 3.31. The maximum absolute atomic E-state index is 13.2. The molecule has 0 aromatic heterocycles. The van der Waals surface area contributed by atoms with Gasteiger partial charge in [-0.25, -0.2) is 17.2 Å². The van der Waals surface area contributed by atoms with E-state index in [4.69, 9.17) is 5.73 Å². The highest BCUT2D eigenvalue weighted by Gasteiger charge is 2.28. The van der Waals surface area contributed by atoms with Gasteiger partial charge in [0, 0.05) is 39.3 Å². The molecule has 1 heterocycles. The molecule has 2 N–H and O–H groups in total. The summed E-state index contributed by atoms with van der Waals surface area (Å²) in [6, 6.07) is 2.63. The van der Waals surface area contributed by atoms with Crippen LogP contribution in [-0.4, -0.2) is 56.9 Å². The largest absolute Gasteiger partial charge is 0.329 e. The van der Waals surface area contributed by atoms with Crippen LogP contribution in [0.5, 0.6) is 0 Å². The number of halogens is 2. The van der Waals surface area contributed by atoms with Crippen molar-refractivity contribution in [2.24, 2.45) is 5.73 Å². The van der Waals surface area contributed by atoms with E-state index < -0.39 is 21.7 Å². The zero-order valence-electron chi connectivity index (χ0n) is 10.9. The van der Waals surface area contributed by atoms with Crippen molar-refractivity contribution in [3.8, 4) is 0 Å². The topological polar surface area (TPSA) is 66.6 Å². The van der Waals surface area contributed by atoms with Crippen molar-refractivity contribution in [2.45, 2.75) is 4.90 Å². The van der Waals surface area contributed by atoms with E-state index in [2.05, 4.69) is 4.90 Å². The molecule has 5 nitrogen and oxygen atoms in total. The number of hydrogen-bond acceptors (Lipinski definition) is 4. The average Bonchev–Trinajstić information content (AvgIpc) is 2.43. The Morgan fingerprint density at radius 1 is 1.10 bits per heavy atom. The van der Waals surface area contributed by atoms with Gasteiger partial charge in [-0.1, -0.05) is 0 Å².